The molecule has 1 atom stereocenters. The third-order valence-corrected chi connectivity index (χ3v) is 5.46. The zero-order valence-corrected chi connectivity index (χ0v) is 14.5. The predicted octanol–water partition coefficient (Wildman–Crippen LogP) is 4.18. The van der Waals surface area contributed by atoms with Crippen molar-refractivity contribution in [2.45, 2.75) is 50.5 Å². The second kappa shape index (κ2) is 6.75. The van der Waals surface area contributed by atoms with Crippen LogP contribution >= 0.6 is 11.6 Å². The van der Waals surface area contributed by atoms with Crippen molar-refractivity contribution in [3.8, 4) is 11.5 Å². The number of benzene rings is 1. The summed E-state index contributed by atoms with van der Waals surface area (Å²) in [7, 11) is 0. The molecule has 2 heterocycles. The quantitative estimate of drug-likeness (QED) is 0.820. The second-order valence-electron chi connectivity index (χ2n) is 6.82. The van der Waals surface area contributed by atoms with Crippen molar-refractivity contribution < 1.29 is 13.7 Å². The van der Waals surface area contributed by atoms with Crippen molar-refractivity contribution in [1.82, 2.24) is 15.0 Å². The van der Waals surface area contributed by atoms with E-state index in [4.69, 9.17) is 16.1 Å². The number of nitrogens with zero attached hydrogens (tertiary/aromatic N) is 3. The van der Waals surface area contributed by atoms with Crippen LogP contribution in [-0.2, 0) is 4.79 Å². The summed E-state index contributed by atoms with van der Waals surface area (Å²) in [5.41, 5.74) is 0.496. The van der Waals surface area contributed by atoms with Crippen molar-refractivity contribution in [2.75, 3.05) is 6.54 Å². The fourth-order valence-electron chi connectivity index (χ4n) is 3.82. The largest absolute Gasteiger partial charge is 0.339 e. The predicted molar refractivity (Wildman–Crippen MR) is 90.6 cm³/mol. The lowest BCUT2D eigenvalue weighted by atomic mass is 9.94. The number of aromatic nitrogens is 2. The highest BCUT2D eigenvalue weighted by atomic mass is 35.5. The zero-order chi connectivity index (χ0) is 17.4. The van der Waals surface area contributed by atoms with Crippen molar-refractivity contribution in [1.29, 1.82) is 0 Å². The van der Waals surface area contributed by atoms with E-state index in [2.05, 4.69) is 10.1 Å². The molecular weight excluding hydrogens is 345 g/mol. The highest BCUT2D eigenvalue weighted by molar-refractivity contribution is 6.33. The maximum absolute atomic E-state index is 13.2. The van der Waals surface area contributed by atoms with Crippen molar-refractivity contribution in [3.63, 3.8) is 0 Å². The highest BCUT2D eigenvalue weighted by Crippen LogP contribution is 2.34. The van der Waals surface area contributed by atoms with E-state index < -0.39 is 5.82 Å². The number of likely N-dealkylation sites (tertiary alicyclic amines) is 1. The number of carbonyl (C=O) groups is 1. The van der Waals surface area contributed by atoms with Crippen LogP contribution in [0, 0.1) is 5.82 Å². The molecule has 2 aromatic rings. The van der Waals surface area contributed by atoms with Crippen LogP contribution in [-0.4, -0.2) is 33.5 Å². The third-order valence-electron chi connectivity index (χ3n) is 5.14. The third kappa shape index (κ3) is 3.27. The Morgan fingerprint density at radius 2 is 2.04 bits per heavy atom. The first-order valence-electron chi connectivity index (χ1n) is 8.70. The first kappa shape index (κ1) is 16.5. The van der Waals surface area contributed by atoms with Gasteiger partial charge in [0.1, 0.15) is 5.82 Å². The molecule has 1 saturated heterocycles. The normalized spacial score (nSPS) is 21.9. The summed E-state index contributed by atoms with van der Waals surface area (Å²) < 4.78 is 18.5. The molecule has 0 N–H and O–H groups in total. The summed E-state index contributed by atoms with van der Waals surface area (Å²) >= 11 is 6.05. The molecule has 1 amide bonds. The molecule has 0 spiro atoms. The fourth-order valence-corrected chi connectivity index (χ4v) is 4.07. The van der Waals surface area contributed by atoms with Gasteiger partial charge in [0.25, 0.3) is 5.89 Å². The summed E-state index contributed by atoms with van der Waals surface area (Å²) in [5.74, 6) is 0.456. The standard InChI is InChI=1S/C18H19ClFN3O2/c19-15-9-12(20)6-7-14(15)18-21-17(22-25-18)11-8-16(24)23(10-11)13-4-2-1-3-5-13/h6-7,9,11,13H,1-5,8,10H2/t11-/m0/s1. The van der Waals surface area contributed by atoms with Crippen LogP contribution in [0.2, 0.25) is 5.02 Å². The molecule has 1 saturated carbocycles. The molecule has 25 heavy (non-hydrogen) atoms. The Kier molecular flexibility index (Phi) is 4.46. The molecule has 1 aromatic heterocycles. The van der Waals surface area contributed by atoms with Crippen LogP contribution in [0.4, 0.5) is 4.39 Å². The topological polar surface area (TPSA) is 59.2 Å². The maximum Gasteiger partial charge on any atom is 0.259 e. The van der Waals surface area contributed by atoms with E-state index in [0.29, 0.717) is 30.4 Å². The smallest absolute Gasteiger partial charge is 0.259 e. The van der Waals surface area contributed by atoms with E-state index in [9.17, 15) is 9.18 Å². The van der Waals surface area contributed by atoms with Crippen LogP contribution in [0.3, 0.4) is 0 Å². The highest BCUT2D eigenvalue weighted by Gasteiger charge is 2.37. The summed E-state index contributed by atoms with van der Waals surface area (Å²) in [5, 5.41) is 4.26. The van der Waals surface area contributed by atoms with E-state index in [1.54, 1.807) is 0 Å². The van der Waals surface area contributed by atoms with E-state index in [-0.39, 0.29) is 22.7 Å². The van der Waals surface area contributed by atoms with Gasteiger partial charge in [0.15, 0.2) is 5.82 Å². The Balaban J connectivity index is 1.51. The van der Waals surface area contributed by atoms with Gasteiger partial charge in [-0.15, -0.1) is 0 Å². The minimum atomic E-state index is -0.419. The monoisotopic (exact) mass is 363 g/mol. The van der Waals surface area contributed by atoms with Crippen molar-refractivity contribution in [3.05, 3.63) is 34.9 Å². The maximum atomic E-state index is 13.2. The van der Waals surface area contributed by atoms with Gasteiger partial charge in [0.2, 0.25) is 5.91 Å². The van der Waals surface area contributed by atoms with E-state index in [1.807, 2.05) is 4.90 Å². The van der Waals surface area contributed by atoms with Crippen molar-refractivity contribution in [2.24, 2.45) is 0 Å². The molecule has 7 heteroatoms. The first-order valence-corrected chi connectivity index (χ1v) is 9.08. The Hall–Kier alpha value is -1.95. The lowest BCUT2D eigenvalue weighted by Crippen LogP contribution is -2.37. The van der Waals surface area contributed by atoms with Crippen LogP contribution in [0.5, 0.6) is 0 Å². The summed E-state index contributed by atoms with van der Waals surface area (Å²) in [6.45, 7) is 0.639. The molecular formula is C18H19ClFN3O2. The molecule has 2 aliphatic rings. The van der Waals surface area contributed by atoms with Crippen LogP contribution in [0.25, 0.3) is 11.5 Å². The van der Waals surface area contributed by atoms with Gasteiger partial charge in [0, 0.05) is 24.9 Å². The summed E-state index contributed by atoms with van der Waals surface area (Å²) in [6, 6.07) is 4.38. The summed E-state index contributed by atoms with van der Waals surface area (Å²) in [6.07, 6.45) is 6.21. The molecule has 0 radical (unpaired) electrons. The number of carbonyl (C=O) groups excluding carboxylic acids is 1. The molecule has 0 bridgehead atoms. The van der Waals surface area contributed by atoms with Gasteiger partial charge in [-0.2, -0.15) is 4.98 Å². The second-order valence-corrected chi connectivity index (χ2v) is 7.23. The van der Waals surface area contributed by atoms with Crippen LogP contribution in [0.1, 0.15) is 50.3 Å². The molecule has 1 aliphatic carbocycles. The Morgan fingerprint density at radius 3 is 2.80 bits per heavy atom. The Labute approximate surface area is 150 Å². The molecule has 5 nitrogen and oxygen atoms in total. The first-order chi connectivity index (χ1) is 12.1. The number of rotatable bonds is 3. The lowest BCUT2D eigenvalue weighted by Gasteiger charge is -2.31. The number of hydrogen-bond donors (Lipinski definition) is 0. The van der Waals surface area contributed by atoms with Gasteiger partial charge in [-0.3, -0.25) is 4.79 Å². The fraction of sp³-hybridized carbons (Fsp3) is 0.500. The Bertz CT molecular complexity index is 788. The number of hydrogen-bond acceptors (Lipinski definition) is 4. The molecule has 4 rings (SSSR count). The summed E-state index contributed by atoms with van der Waals surface area (Å²) in [4.78, 5) is 18.8. The van der Waals surface area contributed by atoms with Crippen molar-refractivity contribution >= 4 is 17.5 Å². The average Bonchev–Trinajstić information content (AvgIpc) is 3.22. The minimum absolute atomic E-state index is 0.0637. The van der Waals surface area contributed by atoms with Crippen LogP contribution < -0.4 is 0 Å². The molecule has 1 aliphatic heterocycles. The number of amides is 1. The van der Waals surface area contributed by atoms with Gasteiger partial charge in [0.05, 0.1) is 10.6 Å². The average molecular weight is 364 g/mol. The SMILES string of the molecule is O=C1C[C@H](c2noc(-c3ccc(F)cc3Cl)n2)CN1C1CCCCC1. The van der Waals surface area contributed by atoms with Crippen LogP contribution in [0.15, 0.2) is 22.7 Å². The van der Waals surface area contributed by atoms with Gasteiger partial charge in [-0.05, 0) is 31.0 Å². The Morgan fingerprint density at radius 1 is 1.24 bits per heavy atom. The van der Waals surface area contributed by atoms with E-state index in [0.717, 1.165) is 12.8 Å². The van der Waals surface area contributed by atoms with Gasteiger partial charge >= 0.3 is 0 Å². The lowest BCUT2D eigenvalue weighted by molar-refractivity contribution is -0.130. The molecule has 2 fully saturated rings. The van der Waals surface area contributed by atoms with E-state index >= 15 is 0 Å². The molecule has 1 aromatic carbocycles. The minimum Gasteiger partial charge on any atom is -0.339 e. The number of halogens is 2. The molecule has 132 valence electrons. The zero-order valence-electron chi connectivity index (χ0n) is 13.8. The van der Waals surface area contributed by atoms with E-state index in [1.165, 1.54) is 37.5 Å². The molecule has 0 unspecified atom stereocenters. The van der Waals surface area contributed by atoms with Gasteiger partial charge in [-0.1, -0.05) is 36.0 Å². The van der Waals surface area contributed by atoms with Gasteiger partial charge < -0.3 is 9.42 Å². The van der Waals surface area contributed by atoms with Gasteiger partial charge in [-0.25, -0.2) is 4.39 Å².